The van der Waals surface area contributed by atoms with Gasteiger partial charge in [0.15, 0.2) is 6.10 Å². The zero-order chi connectivity index (χ0) is 19.1. The highest BCUT2D eigenvalue weighted by Crippen LogP contribution is 2.28. The molecule has 7 nitrogen and oxygen atoms in total. The summed E-state index contributed by atoms with van der Waals surface area (Å²) >= 11 is 0.953. The van der Waals surface area contributed by atoms with Crippen LogP contribution in [0.1, 0.15) is 6.92 Å². The van der Waals surface area contributed by atoms with Gasteiger partial charge in [-0.05, 0) is 37.3 Å². The van der Waals surface area contributed by atoms with Gasteiger partial charge in [0.05, 0.1) is 15.6 Å². The number of esters is 1. The van der Waals surface area contributed by atoms with Crippen molar-refractivity contribution in [3.05, 3.63) is 64.5 Å². The Morgan fingerprint density at radius 2 is 1.88 bits per heavy atom. The highest BCUT2D eigenvalue weighted by molar-refractivity contribution is 8.00. The lowest BCUT2D eigenvalue weighted by Gasteiger charge is -2.13. The molecule has 0 unspecified atom stereocenters. The molecule has 1 atom stereocenters. The third kappa shape index (κ3) is 5.55. The van der Waals surface area contributed by atoms with Crippen LogP contribution in [0.4, 0.5) is 15.8 Å². The molecular weight excluding hydrogens is 363 g/mol. The van der Waals surface area contributed by atoms with Gasteiger partial charge in [-0.15, -0.1) is 11.8 Å². The summed E-state index contributed by atoms with van der Waals surface area (Å²) in [5, 5.41) is 13.4. The molecule has 9 heteroatoms. The van der Waals surface area contributed by atoms with Gasteiger partial charge in [-0.2, -0.15) is 0 Å². The van der Waals surface area contributed by atoms with Crippen LogP contribution in [0.25, 0.3) is 0 Å². The molecule has 0 fully saturated rings. The van der Waals surface area contributed by atoms with Gasteiger partial charge in [0.1, 0.15) is 5.82 Å². The normalized spacial score (nSPS) is 11.5. The van der Waals surface area contributed by atoms with Gasteiger partial charge in [0.25, 0.3) is 11.6 Å². The van der Waals surface area contributed by atoms with Gasteiger partial charge in [-0.1, -0.05) is 12.1 Å². The zero-order valence-corrected chi connectivity index (χ0v) is 14.5. The van der Waals surface area contributed by atoms with Crippen molar-refractivity contribution in [3.8, 4) is 0 Å². The van der Waals surface area contributed by atoms with Crippen LogP contribution in [0.5, 0.6) is 0 Å². The lowest BCUT2D eigenvalue weighted by Crippen LogP contribution is -2.30. The standard InChI is InChI=1S/C17H15FN2O5S/c1-11(17(22)19-13-8-6-12(18)7-9-13)25-16(21)10-26-15-5-3-2-4-14(15)20(23)24/h2-9,11H,10H2,1H3,(H,19,22)/t11-/m1/s1. The fourth-order valence-corrected chi connectivity index (χ4v) is 2.74. The lowest BCUT2D eigenvalue weighted by molar-refractivity contribution is -0.387. The third-order valence-corrected chi connectivity index (χ3v) is 4.23. The number of halogens is 1. The fourth-order valence-electron chi connectivity index (χ4n) is 1.93. The molecular formula is C17H15FN2O5S. The average molecular weight is 378 g/mol. The van der Waals surface area contributed by atoms with E-state index in [2.05, 4.69) is 5.32 Å². The molecule has 1 N–H and O–H groups in total. The molecule has 0 aliphatic heterocycles. The topological polar surface area (TPSA) is 98.5 Å². The van der Waals surface area contributed by atoms with E-state index in [0.29, 0.717) is 10.6 Å². The molecule has 0 saturated carbocycles. The number of carbonyl (C=O) groups is 2. The summed E-state index contributed by atoms with van der Waals surface area (Å²) < 4.78 is 17.8. The van der Waals surface area contributed by atoms with E-state index < -0.39 is 28.7 Å². The van der Waals surface area contributed by atoms with Crippen molar-refractivity contribution in [2.45, 2.75) is 17.9 Å². The highest BCUT2D eigenvalue weighted by Gasteiger charge is 2.20. The molecule has 136 valence electrons. The van der Waals surface area contributed by atoms with E-state index in [4.69, 9.17) is 4.74 Å². The van der Waals surface area contributed by atoms with Gasteiger partial charge in [-0.25, -0.2) is 4.39 Å². The molecule has 0 radical (unpaired) electrons. The van der Waals surface area contributed by atoms with E-state index in [1.165, 1.54) is 49.4 Å². The monoisotopic (exact) mass is 378 g/mol. The number of benzene rings is 2. The number of amides is 1. The smallest absolute Gasteiger partial charge is 0.317 e. The summed E-state index contributed by atoms with van der Waals surface area (Å²) in [4.78, 5) is 34.6. The molecule has 2 rings (SSSR count). The van der Waals surface area contributed by atoms with Crippen LogP contribution >= 0.6 is 11.8 Å². The first-order chi connectivity index (χ1) is 12.4. The molecule has 2 aromatic rings. The van der Waals surface area contributed by atoms with Crippen LogP contribution in [-0.2, 0) is 14.3 Å². The summed E-state index contributed by atoms with van der Waals surface area (Å²) in [7, 11) is 0. The summed E-state index contributed by atoms with van der Waals surface area (Å²) in [5.41, 5.74) is 0.265. The SMILES string of the molecule is C[C@@H](OC(=O)CSc1ccccc1[N+](=O)[O-])C(=O)Nc1ccc(F)cc1. The predicted octanol–water partition coefficient (Wildman–Crippen LogP) is 3.40. The molecule has 1 amide bonds. The molecule has 0 spiro atoms. The maximum Gasteiger partial charge on any atom is 0.317 e. The molecule has 0 bridgehead atoms. The summed E-state index contributed by atoms with van der Waals surface area (Å²) in [6.45, 7) is 1.40. The minimum absolute atomic E-state index is 0.104. The van der Waals surface area contributed by atoms with Gasteiger partial charge in [-0.3, -0.25) is 19.7 Å². The van der Waals surface area contributed by atoms with E-state index >= 15 is 0 Å². The van der Waals surface area contributed by atoms with Crippen LogP contribution in [0.3, 0.4) is 0 Å². The first-order valence-corrected chi connectivity index (χ1v) is 8.47. The second-order valence-corrected chi connectivity index (χ2v) is 6.16. The Bertz CT molecular complexity index is 813. The number of nitro benzene ring substituents is 1. The fraction of sp³-hybridized carbons (Fsp3) is 0.176. The Morgan fingerprint density at radius 1 is 1.23 bits per heavy atom. The first-order valence-electron chi connectivity index (χ1n) is 7.49. The second kappa shape index (κ2) is 8.95. The van der Waals surface area contributed by atoms with Crippen LogP contribution in [0.15, 0.2) is 53.4 Å². The maximum atomic E-state index is 12.8. The predicted molar refractivity (Wildman–Crippen MR) is 94.4 cm³/mol. The molecule has 0 aromatic heterocycles. The Labute approximate surface area is 152 Å². The number of nitro groups is 1. The van der Waals surface area contributed by atoms with Crippen molar-refractivity contribution >= 4 is 35.0 Å². The minimum atomic E-state index is -1.07. The number of hydrogen-bond donors (Lipinski definition) is 1. The molecule has 2 aromatic carbocycles. The van der Waals surface area contributed by atoms with Crippen molar-refractivity contribution in [3.63, 3.8) is 0 Å². The molecule has 0 aliphatic rings. The number of para-hydroxylation sites is 1. The van der Waals surface area contributed by atoms with E-state index in [1.807, 2.05) is 0 Å². The van der Waals surface area contributed by atoms with Gasteiger partial charge in [0, 0.05) is 11.8 Å². The van der Waals surface area contributed by atoms with Crippen molar-refractivity contribution in [2.24, 2.45) is 0 Å². The maximum absolute atomic E-state index is 12.8. The van der Waals surface area contributed by atoms with Gasteiger partial charge in [0.2, 0.25) is 0 Å². The molecule has 0 aliphatic carbocycles. The van der Waals surface area contributed by atoms with Crippen LogP contribution in [-0.4, -0.2) is 28.7 Å². The average Bonchev–Trinajstić information content (AvgIpc) is 2.62. The second-order valence-electron chi connectivity index (χ2n) is 5.14. The highest BCUT2D eigenvalue weighted by atomic mass is 32.2. The van der Waals surface area contributed by atoms with Gasteiger partial charge < -0.3 is 10.1 Å². The van der Waals surface area contributed by atoms with E-state index in [1.54, 1.807) is 6.07 Å². The van der Waals surface area contributed by atoms with Crippen molar-refractivity contribution in [2.75, 3.05) is 11.1 Å². The summed E-state index contributed by atoms with van der Waals surface area (Å²) in [5.74, 6) is -1.87. The Kier molecular flexibility index (Phi) is 6.67. The van der Waals surface area contributed by atoms with Crippen LogP contribution in [0, 0.1) is 15.9 Å². The zero-order valence-electron chi connectivity index (χ0n) is 13.7. The number of nitrogens with zero attached hydrogens (tertiary/aromatic N) is 1. The summed E-state index contributed by atoms with van der Waals surface area (Å²) in [6.07, 6.45) is -1.07. The lowest BCUT2D eigenvalue weighted by atomic mass is 10.3. The number of thioether (sulfide) groups is 1. The van der Waals surface area contributed by atoms with Crippen molar-refractivity contribution in [1.82, 2.24) is 0 Å². The number of rotatable bonds is 7. The quantitative estimate of drug-likeness (QED) is 0.343. The van der Waals surface area contributed by atoms with E-state index in [-0.39, 0.29) is 11.4 Å². The Morgan fingerprint density at radius 3 is 2.54 bits per heavy atom. The third-order valence-electron chi connectivity index (χ3n) is 3.20. The molecule has 0 saturated heterocycles. The number of nitrogens with one attached hydrogen (secondary N) is 1. The molecule has 0 heterocycles. The van der Waals surface area contributed by atoms with Crippen LogP contribution in [0.2, 0.25) is 0 Å². The Balaban J connectivity index is 1.86. The first kappa shape index (κ1) is 19.4. The van der Waals surface area contributed by atoms with E-state index in [0.717, 1.165) is 11.8 Å². The molecule has 26 heavy (non-hydrogen) atoms. The Hall–Kier alpha value is -2.94. The summed E-state index contributed by atoms with van der Waals surface area (Å²) in [6, 6.07) is 11.2. The van der Waals surface area contributed by atoms with Crippen LogP contribution < -0.4 is 5.32 Å². The van der Waals surface area contributed by atoms with E-state index in [9.17, 15) is 24.1 Å². The number of ether oxygens (including phenoxy) is 1. The number of anilines is 1. The van der Waals surface area contributed by atoms with Crippen molar-refractivity contribution < 1.29 is 23.6 Å². The van der Waals surface area contributed by atoms with Gasteiger partial charge >= 0.3 is 5.97 Å². The van der Waals surface area contributed by atoms with Crippen molar-refractivity contribution in [1.29, 1.82) is 0 Å². The largest absolute Gasteiger partial charge is 0.452 e. The number of hydrogen-bond acceptors (Lipinski definition) is 6. The minimum Gasteiger partial charge on any atom is -0.452 e. The number of carbonyl (C=O) groups excluding carboxylic acids is 2.